The van der Waals surface area contributed by atoms with Crippen molar-refractivity contribution in [3.63, 3.8) is 0 Å². The van der Waals surface area contributed by atoms with Gasteiger partial charge in [0.1, 0.15) is 17.5 Å². The summed E-state index contributed by atoms with van der Waals surface area (Å²) < 4.78 is 5.92. The molecule has 1 aromatic rings. The fraction of sp³-hybridized carbons (Fsp3) is 0.556. The Bertz CT molecular complexity index is 663. The summed E-state index contributed by atoms with van der Waals surface area (Å²) in [5.41, 5.74) is 0.441. The summed E-state index contributed by atoms with van der Waals surface area (Å²) in [7, 11) is 0. The molecule has 23 heavy (non-hydrogen) atoms. The molecule has 0 saturated carbocycles. The number of rotatable bonds is 1. The van der Waals surface area contributed by atoms with Crippen LogP contribution in [-0.2, 0) is 4.79 Å². The van der Waals surface area contributed by atoms with Gasteiger partial charge in [0.05, 0.1) is 17.7 Å². The molecule has 3 rings (SSSR count). The summed E-state index contributed by atoms with van der Waals surface area (Å²) in [5, 5.41) is 20.0. The van der Waals surface area contributed by atoms with E-state index in [0.29, 0.717) is 24.3 Å². The molecule has 5 nitrogen and oxygen atoms in total. The number of hydrogen-bond donors (Lipinski definition) is 1. The number of hydrogen-bond acceptors (Lipinski definition) is 4. The first-order chi connectivity index (χ1) is 10.9. The summed E-state index contributed by atoms with van der Waals surface area (Å²) in [4.78, 5) is 14.3. The molecular weight excluding hydrogens is 292 g/mol. The summed E-state index contributed by atoms with van der Waals surface area (Å²) in [6.07, 6.45) is 2.52. The van der Waals surface area contributed by atoms with E-state index >= 15 is 0 Å². The molecule has 0 bridgehead atoms. The fourth-order valence-corrected chi connectivity index (χ4v) is 3.47. The zero-order chi connectivity index (χ0) is 16.6. The number of carbonyl (C=O) groups excluding carboxylic acids is 1. The molecule has 1 amide bonds. The Morgan fingerprint density at radius 1 is 1.35 bits per heavy atom. The van der Waals surface area contributed by atoms with Gasteiger partial charge in [-0.2, -0.15) is 5.26 Å². The second kappa shape index (κ2) is 5.86. The summed E-state index contributed by atoms with van der Waals surface area (Å²) in [6, 6.07) is 6.85. The van der Waals surface area contributed by atoms with Crippen LogP contribution in [0, 0.1) is 11.3 Å². The number of aliphatic hydroxyl groups is 1. The van der Waals surface area contributed by atoms with Crippen LogP contribution in [0.25, 0.3) is 0 Å². The Balaban J connectivity index is 2.09. The Labute approximate surface area is 136 Å². The van der Waals surface area contributed by atoms with Crippen molar-refractivity contribution in [2.45, 2.75) is 57.3 Å². The standard InChI is InChI=1S/C18H22N2O3/c1-18(2)17(22)16(20-9-5-3-4-6-15(20)21)13-10-12(11-19)7-8-14(13)23-18/h7-8,10,16-17,22H,3-6,9H2,1-2H3/t16?,17-/m0/s1. The third kappa shape index (κ3) is 2.79. The zero-order valence-corrected chi connectivity index (χ0v) is 13.6. The molecule has 1 saturated heterocycles. The first kappa shape index (κ1) is 15.8. The second-order valence-electron chi connectivity index (χ2n) is 6.86. The van der Waals surface area contributed by atoms with Gasteiger partial charge in [-0.15, -0.1) is 0 Å². The molecule has 1 unspecified atom stereocenters. The molecule has 2 aliphatic rings. The normalized spacial score (nSPS) is 26.7. The predicted molar refractivity (Wildman–Crippen MR) is 84.8 cm³/mol. The number of amides is 1. The lowest BCUT2D eigenvalue weighted by Gasteiger charge is -2.46. The van der Waals surface area contributed by atoms with Gasteiger partial charge in [0.25, 0.3) is 0 Å². The van der Waals surface area contributed by atoms with Gasteiger partial charge in [0, 0.05) is 18.5 Å². The van der Waals surface area contributed by atoms with Crippen molar-refractivity contribution in [3.8, 4) is 11.8 Å². The fourth-order valence-electron chi connectivity index (χ4n) is 3.47. The molecule has 0 aromatic heterocycles. The van der Waals surface area contributed by atoms with E-state index in [9.17, 15) is 9.90 Å². The third-order valence-electron chi connectivity index (χ3n) is 4.79. The Kier molecular flexibility index (Phi) is 4.03. The molecule has 5 heteroatoms. The van der Waals surface area contributed by atoms with Crippen LogP contribution in [-0.4, -0.2) is 34.2 Å². The third-order valence-corrected chi connectivity index (χ3v) is 4.79. The Hall–Kier alpha value is -2.06. The molecule has 1 fully saturated rings. The minimum Gasteiger partial charge on any atom is -0.485 e. The molecule has 0 radical (unpaired) electrons. The molecule has 0 spiro atoms. The molecule has 0 aliphatic carbocycles. The van der Waals surface area contributed by atoms with Crippen molar-refractivity contribution in [1.29, 1.82) is 5.26 Å². The van der Waals surface area contributed by atoms with Crippen LogP contribution in [0.15, 0.2) is 18.2 Å². The van der Waals surface area contributed by atoms with E-state index in [1.54, 1.807) is 23.1 Å². The summed E-state index contributed by atoms with van der Waals surface area (Å²) in [5.74, 6) is 0.707. The highest BCUT2D eigenvalue weighted by molar-refractivity contribution is 5.77. The molecule has 122 valence electrons. The number of benzene rings is 1. The molecule has 1 N–H and O–H groups in total. The number of nitriles is 1. The minimum absolute atomic E-state index is 0.0672. The summed E-state index contributed by atoms with van der Waals surface area (Å²) >= 11 is 0. The van der Waals surface area contributed by atoms with Gasteiger partial charge in [0.2, 0.25) is 5.91 Å². The molecular formula is C18H22N2O3. The predicted octanol–water partition coefficient (Wildman–Crippen LogP) is 2.53. The Morgan fingerprint density at radius 3 is 2.87 bits per heavy atom. The molecule has 2 atom stereocenters. The zero-order valence-electron chi connectivity index (χ0n) is 13.6. The number of likely N-dealkylation sites (tertiary alicyclic amines) is 1. The van der Waals surface area contributed by atoms with Gasteiger partial charge in [-0.25, -0.2) is 0 Å². The van der Waals surface area contributed by atoms with Crippen LogP contribution in [0.4, 0.5) is 0 Å². The van der Waals surface area contributed by atoms with Gasteiger partial charge >= 0.3 is 0 Å². The van der Waals surface area contributed by atoms with Gasteiger partial charge in [-0.3, -0.25) is 4.79 Å². The van der Waals surface area contributed by atoms with Crippen LogP contribution in [0.5, 0.6) is 5.75 Å². The second-order valence-corrected chi connectivity index (χ2v) is 6.86. The van der Waals surface area contributed by atoms with Gasteiger partial charge in [0.15, 0.2) is 0 Å². The van der Waals surface area contributed by atoms with E-state index in [0.717, 1.165) is 24.8 Å². The minimum atomic E-state index is -0.842. The first-order valence-electron chi connectivity index (χ1n) is 8.14. The molecule has 1 aromatic carbocycles. The lowest BCUT2D eigenvalue weighted by molar-refractivity contribution is -0.143. The van der Waals surface area contributed by atoms with Gasteiger partial charge < -0.3 is 14.7 Å². The number of fused-ring (bicyclic) bond motifs is 1. The monoisotopic (exact) mass is 314 g/mol. The number of carbonyl (C=O) groups is 1. The average molecular weight is 314 g/mol. The van der Waals surface area contributed by atoms with Crippen LogP contribution in [0.2, 0.25) is 0 Å². The van der Waals surface area contributed by atoms with E-state index in [4.69, 9.17) is 10.00 Å². The van der Waals surface area contributed by atoms with Gasteiger partial charge in [-0.05, 0) is 44.9 Å². The van der Waals surface area contributed by atoms with Crippen molar-refractivity contribution in [2.75, 3.05) is 6.54 Å². The maximum atomic E-state index is 12.5. The van der Waals surface area contributed by atoms with E-state index in [-0.39, 0.29) is 5.91 Å². The maximum Gasteiger partial charge on any atom is 0.223 e. The maximum absolute atomic E-state index is 12.5. The topological polar surface area (TPSA) is 73.6 Å². The smallest absolute Gasteiger partial charge is 0.223 e. The SMILES string of the molecule is CC1(C)Oc2ccc(C#N)cc2C(N2CCCCCC2=O)[C@@H]1O. The quantitative estimate of drug-likeness (QED) is 0.864. The molecule has 2 aliphatic heterocycles. The highest BCUT2D eigenvalue weighted by Gasteiger charge is 2.46. The first-order valence-corrected chi connectivity index (χ1v) is 8.14. The number of nitrogens with zero attached hydrogens (tertiary/aromatic N) is 2. The Morgan fingerprint density at radius 2 is 2.13 bits per heavy atom. The average Bonchev–Trinajstić information content (AvgIpc) is 2.73. The van der Waals surface area contributed by atoms with Crippen molar-refractivity contribution in [3.05, 3.63) is 29.3 Å². The van der Waals surface area contributed by atoms with Crippen LogP contribution in [0.1, 0.15) is 56.7 Å². The summed E-state index contributed by atoms with van der Waals surface area (Å²) in [6.45, 7) is 4.29. The van der Waals surface area contributed by atoms with Crippen molar-refractivity contribution in [1.82, 2.24) is 4.90 Å². The lowest BCUT2D eigenvalue weighted by Crippen LogP contribution is -2.54. The van der Waals surface area contributed by atoms with E-state index < -0.39 is 17.7 Å². The van der Waals surface area contributed by atoms with Crippen molar-refractivity contribution in [2.24, 2.45) is 0 Å². The van der Waals surface area contributed by atoms with Gasteiger partial charge in [-0.1, -0.05) is 6.42 Å². The number of ether oxygens (including phenoxy) is 1. The van der Waals surface area contributed by atoms with Crippen molar-refractivity contribution < 1.29 is 14.6 Å². The highest BCUT2D eigenvalue weighted by atomic mass is 16.5. The van der Waals surface area contributed by atoms with E-state index in [1.807, 2.05) is 13.8 Å². The van der Waals surface area contributed by atoms with Crippen LogP contribution >= 0.6 is 0 Å². The van der Waals surface area contributed by atoms with E-state index in [1.165, 1.54) is 0 Å². The largest absolute Gasteiger partial charge is 0.485 e. The van der Waals surface area contributed by atoms with Crippen LogP contribution in [0.3, 0.4) is 0 Å². The van der Waals surface area contributed by atoms with Crippen molar-refractivity contribution >= 4 is 5.91 Å². The highest BCUT2D eigenvalue weighted by Crippen LogP contribution is 2.43. The molecule has 2 heterocycles. The number of aliphatic hydroxyl groups excluding tert-OH is 1. The van der Waals surface area contributed by atoms with Crippen LogP contribution < -0.4 is 4.74 Å². The van der Waals surface area contributed by atoms with E-state index in [2.05, 4.69) is 6.07 Å². The lowest BCUT2D eigenvalue weighted by atomic mass is 9.84.